The van der Waals surface area contributed by atoms with Crippen LogP contribution in [0, 0.1) is 0 Å². The molecule has 0 amide bonds. The van der Waals surface area contributed by atoms with Gasteiger partial charge in [-0.15, -0.1) is 11.3 Å². The number of rotatable bonds is 3. The molecule has 0 unspecified atom stereocenters. The molecule has 0 saturated carbocycles. The average Bonchev–Trinajstić information content (AvgIpc) is 2.95. The third-order valence-corrected chi connectivity index (χ3v) is 4.94. The van der Waals surface area contributed by atoms with Crippen molar-refractivity contribution < 1.29 is 5.11 Å². The highest BCUT2D eigenvalue weighted by atomic mass is 32.1. The number of aliphatic hydroxyl groups is 1. The van der Waals surface area contributed by atoms with Crippen LogP contribution < -0.4 is 10.6 Å². The van der Waals surface area contributed by atoms with Crippen molar-refractivity contribution in [1.82, 2.24) is 15.3 Å². The normalized spacial score (nSPS) is 11.2. The van der Waals surface area contributed by atoms with Crippen LogP contribution >= 0.6 is 23.6 Å². The van der Waals surface area contributed by atoms with Crippen molar-refractivity contribution in [3.63, 3.8) is 0 Å². The van der Waals surface area contributed by atoms with Gasteiger partial charge in [0.15, 0.2) is 5.11 Å². The molecular weight excluding hydrogens is 340 g/mol. The predicted molar refractivity (Wildman–Crippen MR) is 104 cm³/mol. The quantitative estimate of drug-likeness (QED) is 0.491. The van der Waals surface area contributed by atoms with Gasteiger partial charge in [-0.3, -0.25) is 0 Å². The van der Waals surface area contributed by atoms with Gasteiger partial charge in [0.25, 0.3) is 0 Å². The molecule has 24 heavy (non-hydrogen) atoms. The Morgan fingerprint density at radius 1 is 1.12 bits per heavy atom. The van der Waals surface area contributed by atoms with Gasteiger partial charge < -0.3 is 15.7 Å². The summed E-state index contributed by atoms with van der Waals surface area (Å²) < 4.78 is 1.14. The van der Waals surface area contributed by atoms with E-state index in [-0.39, 0.29) is 6.61 Å². The van der Waals surface area contributed by atoms with Crippen molar-refractivity contribution >= 4 is 65.8 Å². The van der Waals surface area contributed by atoms with Crippen molar-refractivity contribution in [3.8, 4) is 0 Å². The number of nitrogens with zero attached hydrogens (tertiary/aromatic N) is 2. The number of thiophene rings is 1. The van der Waals surface area contributed by atoms with Crippen molar-refractivity contribution in [3.05, 3.63) is 42.5 Å². The van der Waals surface area contributed by atoms with Crippen molar-refractivity contribution in [2.75, 3.05) is 18.5 Å². The van der Waals surface area contributed by atoms with Crippen LogP contribution in [0.4, 0.5) is 5.69 Å². The predicted octanol–water partition coefficient (Wildman–Crippen LogP) is 3.28. The van der Waals surface area contributed by atoms with Crippen molar-refractivity contribution in [2.45, 2.75) is 0 Å². The van der Waals surface area contributed by atoms with Crippen LogP contribution in [0.1, 0.15) is 0 Å². The van der Waals surface area contributed by atoms with Crippen molar-refractivity contribution in [2.24, 2.45) is 0 Å². The highest BCUT2D eigenvalue weighted by molar-refractivity contribution is 7.80. The molecule has 0 fully saturated rings. The van der Waals surface area contributed by atoms with E-state index in [1.165, 1.54) is 0 Å². The van der Waals surface area contributed by atoms with E-state index in [0.29, 0.717) is 11.7 Å². The third kappa shape index (κ3) is 2.77. The highest BCUT2D eigenvalue weighted by Gasteiger charge is 2.10. The molecule has 2 aromatic heterocycles. The number of para-hydroxylation sites is 2. The van der Waals surface area contributed by atoms with E-state index in [1.54, 1.807) is 11.3 Å². The molecule has 4 rings (SSSR count). The van der Waals surface area contributed by atoms with Gasteiger partial charge in [-0.25, -0.2) is 9.97 Å². The van der Waals surface area contributed by atoms with E-state index < -0.39 is 0 Å². The molecule has 0 aliphatic carbocycles. The topological polar surface area (TPSA) is 70.1 Å². The summed E-state index contributed by atoms with van der Waals surface area (Å²) in [6, 6.07) is 13.9. The second-order valence-electron chi connectivity index (χ2n) is 5.28. The number of fused-ring (bicyclic) bond motifs is 4. The number of nitrogens with one attached hydrogen (secondary N) is 2. The smallest absolute Gasteiger partial charge is 0.170 e. The largest absolute Gasteiger partial charge is 0.395 e. The molecular formula is C17H14N4OS2. The van der Waals surface area contributed by atoms with Gasteiger partial charge >= 0.3 is 0 Å². The van der Waals surface area contributed by atoms with Crippen LogP contribution in [0.2, 0.25) is 0 Å². The summed E-state index contributed by atoms with van der Waals surface area (Å²) in [6.07, 6.45) is 0. The first-order chi connectivity index (χ1) is 11.7. The molecule has 0 spiro atoms. The van der Waals surface area contributed by atoms with E-state index >= 15 is 0 Å². The van der Waals surface area contributed by atoms with E-state index in [2.05, 4.69) is 10.6 Å². The first-order valence-corrected chi connectivity index (χ1v) is 8.72. The Hall–Kier alpha value is -2.35. The maximum absolute atomic E-state index is 8.84. The summed E-state index contributed by atoms with van der Waals surface area (Å²) in [5, 5.41) is 16.4. The van der Waals surface area contributed by atoms with Gasteiger partial charge in [0.1, 0.15) is 10.3 Å². The Labute approximate surface area is 147 Å². The summed E-state index contributed by atoms with van der Waals surface area (Å²) in [6.45, 7) is 0.464. The molecule has 3 N–H and O–H groups in total. The number of thiocarbonyl (C=S) groups is 1. The first kappa shape index (κ1) is 15.2. The molecule has 0 atom stereocenters. The summed E-state index contributed by atoms with van der Waals surface area (Å²) in [7, 11) is 0. The average molecular weight is 354 g/mol. The number of aliphatic hydroxyl groups excluding tert-OH is 1. The second-order valence-corrected chi connectivity index (χ2v) is 6.72. The van der Waals surface area contributed by atoms with Crippen molar-refractivity contribution in [1.29, 1.82) is 0 Å². The van der Waals surface area contributed by atoms with Crippen LogP contribution in [0.25, 0.3) is 31.5 Å². The molecule has 120 valence electrons. The molecule has 5 nitrogen and oxygen atoms in total. The molecule has 0 saturated heterocycles. The molecule has 0 aliphatic heterocycles. The minimum Gasteiger partial charge on any atom is -0.395 e. The number of hydrogen-bond donors (Lipinski definition) is 3. The highest BCUT2D eigenvalue weighted by Crippen LogP contribution is 2.34. The van der Waals surface area contributed by atoms with Crippen LogP contribution in [0.5, 0.6) is 0 Å². The van der Waals surface area contributed by atoms with Crippen LogP contribution in [0.15, 0.2) is 42.5 Å². The maximum atomic E-state index is 8.84. The molecule has 2 heterocycles. The monoisotopic (exact) mass is 354 g/mol. The first-order valence-electron chi connectivity index (χ1n) is 7.49. The Morgan fingerprint density at radius 3 is 2.71 bits per heavy atom. The summed E-state index contributed by atoms with van der Waals surface area (Å²) in [4.78, 5) is 10.4. The molecule has 0 radical (unpaired) electrons. The molecule has 7 heteroatoms. The lowest BCUT2D eigenvalue weighted by molar-refractivity contribution is 0.301. The third-order valence-electron chi connectivity index (χ3n) is 3.64. The van der Waals surface area contributed by atoms with Gasteiger partial charge in [0.05, 0.1) is 17.6 Å². The summed E-state index contributed by atoms with van der Waals surface area (Å²) in [5.74, 6) is 0. The maximum Gasteiger partial charge on any atom is 0.170 e. The van der Waals surface area contributed by atoms with Crippen LogP contribution in [-0.4, -0.2) is 33.3 Å². The SMILES string of the molecule is OCCNC(=S)Nc1ccc2sc3nc4ccccc4nc3c2c1. The fourth-order valence-electron chi connectivity index (χ4n) is 2.56. The fraction of sp³-hybridized carbons (Fsp3) is 0.118. The van der Waals surface area contributed by atoms with E-state index in [4.69, 9.17) is 27.3 Å². The molecule has 0 aliphatic rings. The fourth-order valence-corrected chi connectivity index (χ4v) is 3.79. The lowest BCUT2D eigenvalue weighted by Gasteiger charge is -2.09. The zero-order valence-electron chi connectivity index (χ0n) is 12.6. The zero-order valence-corrected chi connectivity index (χ0v) is 14.2. The molecule has 2 aromatic carbocycles. The number of hydrogen-bond acceptors (Lipinski definition) is 5. The summed E-state index contributed by atoms with van der Waals surface area (Å²) in [5.41, 5.74) is 3.59. The minimum absolute atomic E-state index is 0.0404. The lowest BCUT2D eigenvalue weighted by atomic mass is 10.2. The number of aromatic nitrogens is 2. The molecule has 0 bridgehead atoms. The van der Waals surface area contributed by atoms with Gasteiger partial charge in [-0.05, 0) is 42.5 Å². The van der Waals surface area contributed by atoms with Gasteiger partial charge in [0.2, 0.25) is 0 Å². The number of anilines is 1. The van der Waals surface area contributed by atoms with E-state index in [0.717, 1.165) is 37.2 Å². The van der Waals surface area contributed by atoms with E-state index in [1.807, 2.05) is 42.5 Å². The number of benzene rings is 2. The van der Waals surface area contributed by atoms with Gasteiger partial charge in [0, 0.05) is 22.3 Å². The Morgan fingerprint density at radius 2 is 1.92 bits per heavy atom. The standard InChI is InChI=1S/C17H14N4OS2/c22-8-7-18-17(23)19-10-5-6-14-11(9-10)15-16(24-14)21-13-4-2-1-3-12(13)20-15/h1-6,9,22H,7-8H2,(H2,18,19,23). The Bertz CT molecular complexity index is 1060. The lowest BCUT2D eigenvalue weighted by Crippen LogP contribution is -2.30. The van der Waals surface area contributed by atoms with E-state index in [9.17, 15) is 0 Å². The Kier molecular flexibility index (Phi) is 3.97. The van der Waals surface area contributed by atoms with Gasteiger partial charge in [-0.2, -0.15) is 0 Å². The molecule has 4 aromatic rings. The zero-order chi connectivity index (χ0) is 16.5. The summed E-state index contributed by atoms with van der Waals surface area (Å²) >= 11 is 6.84. The minimum atomic E-state index is 0.0404. The second kappa shape index (κ2) is 6.27. The van der Waals surface area contributed by atoms with Crippen LogP contribution in [0.3, 0.4) is 0 Å². The Balaban J connectivity index is 1.78. The van der Waals surface area contributed by atoms with Gasteiger partial charge in [-0.1, -0.05) is 12.1 Å². The van der Waals surface area contributed by atoms with Crippen LogP contribution in [-0.2, 0) is 0 Å².